The molecule has 1 aliphatic rings. The van der Waals surface area contributed by atoms with Gasteiger partial charge in [0.25, 0.3) is 0 Å². The first-order valence-corrected chi connectivity index (χ1v) is 8.02. The molecular weight excluding hydrogens is 322 g/mol. The molecule has 0 unspecified atom stereocenters. The summed E-state index contributed by atoms with van der Waals surface area (Å²) in [5.41, 5.74) is 1.66. The molecule has 0 radical (unpaired) electrons. The molecule has 1 aromatic carbocycles. The Morgan fingerprint density at radius 2 is 1.96 bits per heavy atom. The van der Waals surface area contributed by atoms with Gasteiger partial charge in [0.15, 0.2) is 17.2 Å². The fourth-order valence-corrected chi connectivity index (χ4v) is 2.39. The zero-order chi connectivity index (χ0) is 17.8. The lowest BCUT2D eigenvalue weighted by molar-refractivity contribution is -0.129. The van der Waals surface area contributed by atoms with Crippen molar-refractivity contribution < 1.29 is 19.0 Å². The maximum absolute atomic E-state index is 12.1. The van der Waals surface area contributed by atoms with E-state index in [1.165, 1.54) is 0 Å². The number of carbonyl (C=O) groups is 1. The van der Waals surface area contributed by atoms with Crippen LogP contribution in [0.15, 0.2) is 41.3 Å². The van der Waals surface area contributed by atoms with Crippen LogP contribution in [0.5, 0.6) is 11.5 Å². The molecular formula is C18H19N3O4. The normalized spacial score (nSPS) is 15.2. The molecule has 1 aliphatic heterocycles. The second-order valence-electron chi connectivity index (χ2n) is 5.31. The van der Waals surface area contributed by atoms with Gasteiger partial charge in [-0.15, -0.1) is 0 Å². The maximum Gasteiger partial charge on any atom is 0.363 e. The highest BCUT2D eigenvalue weighted by Gasteiger charge is 2.25. The van der Waals surface area contributed by atoms with Gasteiger partial charge in [-0.25, -0.2) is 9.79 Å². The molecule has 3 rings (SSSR count). The van der Waals surface area contributed by atoms with Crippen LogP contribution in [0.25, 0.3) is 6.08 Å². The van der Waals surface area contributed by atoms with Crippen LogP contribution >= 0.6 is 0 Å². The predicted molar refractivity (Wildman–Crippen MR) is 92.6 cm³/mol. The molecule has 0 saturated heterocycles. The molecule has 25 heavy (non-hydrogen) atoms. The van der Waals surface area contributed by atoms with Gasteiger partial charge in [-0.3, -0.25) is 4.68 Å². The molecule has 130 valence electrons. The SMILES string of the molecule is CCOc1ccc(C2=NC(=Cc3cnn(C)c3)C(=O)O2)cc1OCC. The van der Waals surface area contributed by atoms with Gasteiger partial charge >= 0.3 is 5.97 Å². The summed E-state index contributed by atoms with van der Waals surface area (Å²) in [7, 11) is 1.80. The number of hydrogen-bond donors (Lipinski definition) is 0. The van der Waals surface area contributed by atoms with Gasteiger partial charge in [-0.1, -0.05) is 0 Å². The summed E-state index contributed by atoms with van der Waals surface area (Å²) in [6.45, 7) is 4.83. The Morgan fingerprint density at radius 1 is 1.20 bits per heavy atom. The second-order valence-corrected chi connectivity index (χ2v) is 5.31. The molecule has 2 aromatic rings. The molecule has 0 N–H and O–H groups in total. The fraction of sp³-hybridized carbons (Fsp3) is 0.278. The number of aryl methyl sites for hydroxylation is 1. The predicted octanol–water partition coefficient (Wildman–Crippen LogP) is 2.56. The molecule has 0 saturated carbocycles. The first-order valence-electron chi connectivity index (χ1n) is 8.02. The Morgan fingerprint density at radius 3 is 2.64 bits per heavy atom. The zero-order valence-electron chi connectivity index (χ0n) is 14.4. The molecule has 7 heteroatoms. The average molecular weight is 341 g/mol. The number of cyclic esters (lactones) is 1. The number of ether oxygens (including phenoxy) is 3. The van der Waals surface area contributed by atoms with Crippen LogP contribution in [-0.4, -0.2) is 34.9 Å². The fourth-order valence-electron chi connectivity index (χ4n) is 2.39. The Hall–Kier alpha value is -3.09. The molecule has 7 nitrogen and oxygen atoms in total. The minimum Gasteiger partial charge on any atom is -0.490 e. The van der Waals surface area contributed by atoms with Crippen molar-refractivity contribution in [2.75, 3.05) is 13.2 Å². The van der Waals surface area contributed by atoms with Crippen molar-refractivity contribution in [3.8, 4) is 11.5 Å². The van der Waals surface area contributed by atoms with Crippen LogP contribution in [0.4, 0.5) is 0 Å². The van der Waals surface area contributed by atoms with Crippen LogP contribution in [0.1, 0.15) is 25.0 Å². The maximum atomic E-state index is 12.1. The number of benzene rings is 1. The summed E-state index contributed by atoms with van der Waals surface area (Å²) in [5.74, 6) is 0.976. The molecule has 0 amide bonds. The van der Waals surface area contributed by atoms with Crippen molar-refractivity contribution >= 4 is 17.9 Å². The van der Waals surface area contributed by atoms with Crippen LogP contribution in [0.2, 0.25) is 0 Å². The van der Waals surface area contributed by atoms with E-state index in [4.69, 9.17) is 14.2 Å². The van der Waals surface area contributed by atoms with Crippen LogP contribution in [-0.2, 0) is 16.6 Å². The minimum absolute atomic E-state index is 0.231. The molecule has 1 aromatic heterocycles. The first-order chi connectivity index (χ1) is 12.1. The Balaban J connectivity index is 1.91. The van der Waals surface area contributed by atoms with Crippen molar-refractivity contribution in [2.24, 2.45) is 12.0 Å². The van der Waals surface area contributed by atoms with Gasteiger partial charge in [-0.2, -0.15) is 5.10 Å². The highest BCUT2D eigenvalue weighted by molar-refractivity contribution is 6.13. The van der Waals surface area contributed by atoms with Crippen molar-refractivity contribution in [3.63, 3.8) is 0 Å². The van der Waals surface area contributed by atoms with Gasteiger partial charge in [0.2, 0.25) is 5.90 Å². The molecule has 2 heterocycles. The van der Waals surface area contributed by atoms with E-state index in [0.717, 1.165) is 5.56 Å². The van der Waals surface area contributed by atoms with E-state index in [1.807, 2.05) is 13.8 Å². The van der Waals surface area contributed by atoms with E-state index in [0.29, 0.717) is 30.3 Å². The van der Waals surface area contributed by atoms with E-state index < -0.39 is 5.97 Å². The summed E-state index contributed by atoms with van der Waals surface area (Å²) in [5, 5.41) is 4.06. The zero-order valence-corrected chi connectivity index (χ0v) is 14.4. The van der Waals surface area contributed by atoms with Crippen molar-refractivity contribution in [1.29, 1.82) is 0 Å². The van der Waals surface area contributed by atoms with E-state index in [1.54, 1.807) is 48.4 Å². The third kappa shape index (κ3) is 3.71. The van der Waals surface area contributed by atoms with Crippen molar-refractivity contribution in [3.05, 3.63) is 47.4 Å². The number of esters is 1. The Labute approximate surface area is 145 Å². The summed E-state index contributed by atoms with van der Waals surface area (Å²) in [6, 6.07) is 5.32. The standard InChI is InChI=1S/C18H19N3O4/c1-4-23-15-7-6-13(9-16(15)24-5-2)17-20-14(18(22)25-17)8-12-10-19-21(3)11-12/h6-11H,4-5H2,1-3H3. The van der Waals surface area contributed by atoms with Gasteiger partial charge in [0.1, 0.15) is 0 Å². The lowest BCUT2D eigenvalue weighted by Gasteiger charge is -2.11. The summed E-state index contributed by atoms with van der Waals surface area (Å²) >= 11 is 0. The Bertz CT molecular complexity index is 852. The van der Waals surface area contributed by atoms with Gasteiger partial charge in [0.05, 0.1) is 19.4 Å². The van der Waals surface area contributed by atoms with E-state index in [9.17, 15) is 4.79 Å². The minimum atomic E-state index is -0.495. The highest BCUT2D eigenvalue weighted by Crippen LogP contribution is 2.30. The largest absolute Gasteiger partial charge is 0.490 e. The van der Waals surface area contributed by atoms with E-state index in [-0.39, 0.29) is 11.6 Å². The third-order valence-electron chi connectivity index (χ3n) is 3.44. The van der Waals surface area contributed by atoms with Crippen LogP contribution < -0.4 is 9.47 Å². The number of aromatic nitrogens is 2. The van der Waals surface area contributed by atoms with E-state index in [2.05, 4.69) is 10.1 Å². The molecule has 0 spiro atoms. The number of carbonyl (C=O) groups excluding carboxylic acids is 1. The number of nitrogens with zero attached hydrogens (tertiary/aromatic N) is 3. The monoisotopic (exact) mass is 341 g/mol. The van der Waals surface area contributed by atoms with E-state index >= 15 is 0 Å². The molecule has 0 aliphatic carbocycles. The summed E-state index contributed by atoms with van der Waals surface area (Å²) < 4.78 is 18.1. The number of hydrogen-bond acceptors (Lipinski definition) is 6. The van der Waals surface area contributed by atoms with Gasteiger partial charge in [-0.05, 0) is 38.1 Å². The number of aliphatic imine (C=N–C) groups is 1. The quantitative estimate of drug-likeness (QED) is 0.596. The van der Waals surface area contributed by atoms with Crippen molar-refractivity contribution in [1.82, 2.24) is 9.78 Å². The topological polar surface area (TPSA) is 74.9 Å². The van der Waals surface area contributed by atoms with Crippen molar-refractivity contribution in [2.45, 2.75) is 13.8 Å². The molecule has 0 bridgehead atoms. The van der Waals surface area contributed by atoms with Gasteiger partial charge in [0, 0.05) is 24.4 Å². The Kier molecular flexibility index (Phi) is 4.83. The second kappa shape index (κ2) is 7.21. The highest BCUT2D eigenvalue weighted by atomic mass is 16.6. The average Bonchev–Trinajstić information content (AvgIpc) is 3.16. The summed E-state index contributed by atoms with van der Waals surface area (Å²) in [6.07, 6.45) is 5.08. The lowest BCUT2D eigenvalue weighted by Crippen LogP contribution is -2.06. The van der Waals surface area contributed by atoms with Crippen LogP contribution in [0.3, 0.4) is 0 Å². The smallest absolute Gasteiger partial charge is 0.363 e. The molecule has 0 fully saturated rings. The third-order valence-corrected chi connectivity index (χ3v) is 3.44. The molecule has 0 atom stereocenters. The first kappa shape index (κ1) is 16.8. The van der Waals surface area contributed by atoms with Gasteiger partial charge < -0.3 is 14.2 Å². The summed E-state index contributed by atoms with van der Waals surface area (Å²) in [4.78, 5) is 16.4. The van der Waals surface area contributed by atoms with Crippen LogP contribution in [0, 0.1) is 0 Å². The number of rotatable bonds is 6. The lowest BCUT2D eigenvalue weighted by atomic mass is 10.2.